The summed E-state index contributed by atoms with van der Waals surface area (Å²) in [6.45, 7) is 0.804. The number of aromatic hydroxyl groups is 2. The van der Waals surface area contributed by atoms with Crippen LogP contribution in [0.4, 0.5) is 0 Å². The second-order valence-corrected chi connectivity index (χ2v) is 9.20. The molecule has 0 spiro atoms. The maximum Gasteiger partial charge on any atom is 0.338 e. The molecule has 0 aliphatic heterocycles. The standard InChI is InChI=1S/C31H22N2O6/c32-17-20-6-8-21(9-7-20)18-33-12-10-19(11-13-33)3-2-14-39-31(38)22-15-24-28(26(35)16-22)30(37)27-23(29(24)36)4-1-5-25(27)34/h1,4-13,15-16H,2-3,14,18H2,(H-,34,35,37)/p+1. The molecule has 1 aromatic heterocycles. The van der Waals surface area contributed by atoms with Gasteiger partial charge in [-0.3, -0.25) is 9.59 Å². The quantitative estimate of drug-likeness (QED) is 0.190. The molecule has 1 aliphatic rings. The maximum absolute atomic E-state index is 13.0. The molecule has 0 unspecified atom stereocenters. The summed E-state index contributed by atoms with van der Waals surface area (Å²) in [4.78, 5) is 38.5. The lowest BCUT2D eigenvalue weighted by molar-refractivity contribution is -0.688. The van der Waals surface area contributed by atoms with Gasteiger partial charge in [0.2, 0.25) is 5.78 Å². The van der Waals surface area contributed by atoms with Crippen LogP contribution >= 0.6 is 0 Å². The van der Waals surface area contributed by atoms with E-state index in [-0.39, 0.29) is 40.2 Å². The highest BCUT2D eigenvalue weighted by Gasteiger charge is 2.35. The van der Waals surface area contributed by atoms with Gasteiger partial charge in [-0.25, -0.2) is 9.36 Å². The van der Waals surface area contributed by atoms with Gasteiger partial charge in [0.05, 0.1) is 34.9 Å². The number of phenolic OH excluding ortho intramolecular Hbond substituents is 2. The largest absolute Gasteiger partial charge is 0.507 e. The average Bonchev–Trinajstić information content (AvgIpc) is 2.94. The Bertz CT molecular complexity index is 1650. The van der Waals surface area contributed by atoms with Crippen LogP contribution in [0.3, 0.4) is 0 Å². The van der Waals surface area contributed by atoms with Gasteiger partial charge in [0.25, 0.3) is 0 Å². The summed E-state index contributed by atoms with van der Waals surface area (Å²) < 4.78 is 7.38. The third kappa shape index (κ3) is 5.11. The number of fused-ring (bicyclic) bond motifs is 2. The van der Waals surface area contributed by atoms with Crippen molar-refractivity contribution in [2.24, 2.45) is 0 Å². The summed E-state index contributed by atoms with van der Waals surface area (Å²) in [5.41, 5.74) is 2.23. The lowest BCUT2D eigenvalue weighted by Crippen LogP contribution is -2.33. The van der Waals surface area contributed by atoms with Crippen LogP contribution in [0.5, 0.6) is 11.5 Å². The number of hydrogen-bond acceptors (Lipinski definition) is 7. The van der Waals surface area contributed by atoms with Gasteiger partial charge in [-0.15, -0.1) is 0 Å². The number of pyridine rings is 1. The van der Waals surface area contributed by atoms with Crippen molar-refractivity contribution < 1.29 is 33.9 Å². The summed E-state index contributed by atoms with van der Waals surface area (Å²) in [6.07, 6.45) is 5.16. The summed E-state index contributed by atoms with van der Waals surface area (Å²) in [5, 5.41) is 29.4. The molecule has 0 saturated heterocycles. The molecule has 0 fully saturated rings. The Morgan fingerprint density at radius 2 is 1.56 bits per heavy atom. The first kappa shape index (κ1) is 25.4. The number of ether oxygens (including phenoxy) is 1. The van der Waals surface area contributed by atoms with Crippen molar-refractivity contribution in [1.82, 2.24) is 0 Å². The van der Waals surface area contributed by atoms with Crippen molar-refractivity contribution in [2.75, 3.05) is 6.61 Å². The molecule has 1 heterocycles. The molecule has 39 heavy (non-hydrogen) atoms. The molecular formula is C31H23N2O6+. The summed E-state index contributed by atoms with van der Waals surface area (Å²) >= 11 is 0. The molecule has 8 nitrogen and oxygen atoms in total. The minimum Gasteiger partial charge on any atom is -0.507 e. The van der Waals surface area contributed by atoms with Crippen molar-refractivity contribution in [3.8, 4) is 17.6 Å². The van der Waals surface area contributed by atoms with E-state index in [2.05, 4.69) is 6.07 Å². The van der Waals surface area contributed by atoms with Crippen LogP contribution in [0.15, 0.2) is 79.1 Å². The highest BCUT2D eigenvalue weighted by atomic mass is 16.5. The number of nitrogens with zero attached hydrogens (tertiary/aromatic N) is 2. The van der Waals surface area contributed by atoms with Gasteiger partial charge in [-0.05, 0) is 48.7 Å². The first-order valence-corrected chi connectivity index (χ1v) is 12.3. The van der Waals surface area contributed by atoms with Gasteiger partial charge >= 0.3 is 5.97 Å². The smallest absolute Gasteiger partial charge is 0.338 e. The molecular weight excluding hydrogens is 496 g/mol. The molecule has 8 heteroatoms. The van der Waals surface area contributed by atoms with Crippen molar-refractivity contribution in [3.05, 3.63) is 124 Å². The summed E-state index contributed by atoms with van der Waals surface area (Å²) in [6, 6.07) is 20.0. The van der Waals surface area contributed by atoms with Crippen LogP contribution in [0.25, 0.3) is 0 Å². The van der Waals surface area contributed by atoms with E-state index in [9.17, 15) is 24.6 Å². The zero-order valence-corrected chi connectivity index (χ0v) is 20.8. The van der Waals surface area contributed by atoms with Crippen molar-refractivity contribution >= 4 is 17.5 Å². The number of ketones is 2. The summed E-state index contributed by atoms with van der Waals surface area (Å²) in [7, 11) is 0. The molecule has 3 aromatic carbocycles. The number of aromatic nitrogens is 1. The molecule has 4 aromatic rings. The number of rotatable bonds is 7. The fourth-order valence-corrected chi connectivity index (χ4v) is 4.58. The molecule has 0 radical (unpaired) electrons. The number of phenols is 2. The van der Waals surface area contributed by atoms with Gasteiger partial charge < -0.3 is 14.9 Å². The van der Waals surface area contributed by atoms with Crippen molar-refractivity contribution in [3.63, 3.8) is 0 Å². The minimum atomic E-state index is -0.719. The Morgan fingerprint density at radius 1 is 0.846 bits per heavy atom. The average molecular weight is 520 g/mol. The second-order valence-electron chi connectivity index (χ2n) is 9.20. The number of carbonyl (C=O) groups is 3. The van der Waals surface area contributed by atoms with Gasteiger partial charge in [0, 0.05) is 28.8 Å². The molecule has 0 bridgehead atoms. The molecule has 0 amide bonds. The number of aryl methyl sites for hydroxylation is 1. The zero-order valence-electron chi connectivity index (χ0n) is 20.8. The molecule has 5 rings (SSSR count). The van der Waals surface area contributed by atoms with Crippen LogP contribution in [-0.4, -0.2) is 34.4 Å². The number of carbonyl (C=O) groups excluding carboxylic acids is 3. The zero-order chi connectivity index (χ0) is 27.5. The third-order valence-corrected chi connectivity index (χ3v) is 6.59. The van der Waals surface area contributed by atoms with E-state index < -0.39 is 23.3 Å². The van der Waals surface area contributed by atoms with Crippen LogP contribution in [0, 0.1) is 11.3 Å². The van der Waals surface area contributed by atoms with Crippen LogP contribution in [0.2, 0.25) is 0 Å². The van der Waals surface area contributed by atoms with Crippen molar-refractivity contribution in [1.29, 1.82) is 5.26 Å². The van der Waals surface area contributed by atoms with Crippen LogP contribution in [-0.2, 0) is 17.7 Å². The van der Waals surface area contributed by atoms with Crippen molar-refractivity contribution in [2.45, 2.75) is 19.4 Å². The van der Waals surface area contributed by atoms with Gasteiger partial charge in [-0.1, -0.05) is 24.3 Å². The highest BCUT2D eigenvalue weighted by molar-refractivity contribution is 6.30. The van der Waals surface area contributed by atoms with E-state index in [0.717, 1.165) is 17.2 Å². The number of benzene rings is 3. The normalized spacial score (nSPS) is 11.9. The van der Waals surface area contributed by atoms with E-state index in [1.165, 1.54) is 24.3 Å². The Morgan fingerprint density at radius 3 is 2.28 bits per heavy atom. The maximum atomic E-state index is 13.0. The summed E-state index contributed by atoms with van der Waals surface area (Å²) in [5.74, 6) is -2.84. The fraction of sp³-hybridized carbons (Fsp3) is 0.129. The lowest BCUT2D eigenvalue weighted by atomic mass is 9.82. The number of hydrogen-bond donors (Lipinski definition) is 2. The Labute approximate surface area is 224 Å². The lowest BCUT2D eigenvalue weighted by Gasteiger charge is -2.19. The van der Waals surface area contributed by atoms with Gasteiger partial charge in [0.15, 0.2) is 24.7 Å². The van der Waals surface area contributed by atoms with E-state index >= 15 is 0 Å². The monoisotopic (exact) mass is 519 g/mol. The topological polar surface area (TPSA) is 129 Å². The Kier molecular flexibility index (Phi) is 6.89. The van der Waals surface area contributed by atoms with Gasteiger partial charge in [-0.2, -0.15) is 5.26 Å². The fourth-order valence-electron chi connectivity index (χ4n) is 4.58. The Hall–Kier alpha value is -5.29. The molecule has 1 aliphatic carbocycles. The highest BCUT2D eigenvalue weighted by Crippen LogP contribution is 2.37. The number of esters is 1. The third-order valence-electron chi connectivity index (χ3n) is 6.59. The molecule has 0 saturated carbocycles. The SMILES string of the molecule is N#Cc1ccc(C[n+]2ccc(CCCOC(=O)c3cc(O)c4c(c3)C(=O)c3cccc(O)c3C4=O)cc2)cc1. The van der Waals surface area contributed by atoms with E-state index in [1.54, 1.807) is 12.1 Å². The van der Waals surface area contributed by atoms with E-state index in [0.29, 0.717) is 24.9 Å². The van der Waals surface area contributed by atoms with Crippen LogP contribution in [0.1, 0.15) is 65.3 Å². The Balaban J connectivity index is 1.18. The molecule has 0 atom stereocenters. The predicted molar refractivity (Wildman–Crippen MR) is 139 cm³/mol. The van der Waals surface area contributed by atoms with E-state index in [1.807, 2.05) is 41.2 Å². The number of nitriles is 1. The molecule has 192 valence electrons. The first-order chi connectivity index (χ1) is 18.9. The van der Waals surface area contributed by atoms with Crippen LogP contribution < -0.4 is 4.57 Å². The molecule has 2 N–H and O–H groups in total. The first-order valence-electron chi connectivity index (χ1n) is 12.3. The predicted octanol–water partition coefficient (Wildman–Crippen LogP) is 3.87. The second kappa shape index (κ2) is 10.6. The minimum absolute atomic E-state index is 0.0125. The van der Waals surface area contributed by atoms with Gasteiger partial charge in [0.1, 0.15) is 11.5 Å². The van der Waals surface area contributed by atoms with E-state index in [4.69, 9.17) is 10.00 Å².